The minimum absolute atomic E-state index is 0. The Balaban J connectivity index is 0.00000364. The van der Waals surface area contributed by atoms with E-state index in [0.717, 1.165) is 31.6 Å². The molecule has 1 saturated heterocycles. The number of likely N-dealkylation sites (N-methyl/N-ethyl adjacent to an activating group) is 1. The number of hydrogen-bond donors (Lipinski definition) is 1. The van der Waals surface area contributed by atoms with Gasteiger partial charge in [-0.2, -0.15) is 32.3 Å². The Morgan fingerprint density at radius 2 is 1.96 bits per heavy atom. The fourth-order valence-corrected chi connectivity index (χ4v) is 4.53. The first kappa shape index (κ1) is 27.4. The first-order chi connectivity index (χ1) is 12.1. The van der Waals surface area contributed by atoms with Crippen LogP contribution in [0, 0.1) is 17.1 Å². The Morgan fingerprint density at radius 3 is 2.50 bits per heavy atom. The molecule has 0 aromatic heterocycles. The minimum Gasteiger partial charge on any atom is -0.413 e. The van der Waals surface area contributed by atoms with Crippen molar-refractivity contribution in [2.45, 2.75) is 57.5 Å². The summed E-state index contributed by atoms with van der Waals surface area (Å²) < 4.78 is 20.3. The number of hydrogen-bond acceptors (Lipinski definition) is 4. The van der Waals surface area contributed by atoms with Crippen LogP contribution in [0.4, 0.5) is 4.39 Å². The van der Waals surface area contributed by atoms with E-state index in [4.69, 9.17) is 9.69 Å². The van der Waals surface area contributed by atoms with E-state index in [2.05, 4.69) is 44.1 Å². The molecule has 0 bridgehead atoms. The van der Waals surface area contributed by atoms with E-state index in [1.54, 1.807) is 6.07 Å². The van der Waals surface area contributed by atoms with Gasteiger partial charge in [0.05, 0.1) is 17.7 Å². The molecule has 8 heteroatoms. The lowest BCUT2D eigenvalue weighted by Crippen LogP contribution is -2.44. The summed E-state index contributed by atoms with van der Waals surface area (Å²) in [6, 6.07) is 6.58. The number of nitriles is 1. The van der Waals surface area contributed by atoms with E-state index in [0.29, 0.717) is 5.56 Å². The lowest BCUT2D eigenvalue weighted by Gasteiger charge is -2.38. The highest BCUT2D eigenvalue weighted by molar-refractivity contribution is 7.59. The van der Waals surface area contributed by atoms with Crippen LogP contribution < -0.4 is 5.32 Å². The van der Waals surface area contributed by atoms with Crippen LogP contribution in [0.2, 0.25) is 18.1 Å². The summed E-state index contributed by atoms with van der Waals surface area (Å²) >= 11 is 0. The maximum atomic E-state index is 13.8. The molecule has 1 aliphatic rings. The largest absolute Gasteiger partial charge is 0.413 e. The van der Waals surface area contributed by atoms with Gasteiger partial charge in [0, 0.05) is 25.7 Å². The average molecular weight is 446 g/mol. The molecule has 0 saturated carbocycles. The Morgan fingerprint density at radius 1 is 1.32 bits per heavy atom. The second-order valence-corrected chi connectivity index (χ2v) is 13.5. The fraction of sp³-hybridized carbons (Fsp3) is 0.650. The van der Waals surface area contributed by atoms with Gasteiger partial charge in [-0.25, -0.2) is 4.39 Å². The standard InChI is InChI=1S/C20H32FN3OSi.2H2S/c1-20(2,3)26(5,6)25-18-7-8-24(13-18)14-19(23-4)16-9-15(12-22)10-17(21)11-16;;/h9-11,18-19,23H,7-8,13-14H2,1-6H3;2*1H2/t18-,19+;;/m0../s1. The first-order valence-electron chi connectivity index (χ1n) is 9.34. The Kier molecular flexibility index (Phi) is 10.8. The van der Waals surface area contributed by atoms with Gasteiger partial charge in [-0.3, -0.25) is 4.90 Å². The molecule has 1 heterocycles. The van der Waals surface area contributed by atoms with Crippen LogP contribution >= 0.6 is 27.0 Å². The van der Waals surface area contributed by atoms with Crippen LogP contribution in [-0.4, -0.2) is 46.0 Å². The molecular formula is C20H36FN3OS2Si. The van der Waals surface area contributed by atoms with E-state index in [1.165, 1.54) is 12.1 Å². The number of nitrogens with zero attached hydrogens (tertiary/aromatic N) is 2. The molecule has 0 amide bonds. The molecule has 1 fully saturated rings. The van der Waals surface area contributed by atoms with Crippen molar-refractivity contribution in [1.29, 1.82) is 5.26 Å². The number of nitrogens with one attached hydrogen (secondary N) is 1. The molecule has 0 aliphatic carbocycles. The Labute approximate surface area is 184 Å². The first-order valence-corrected chi connectivity index (χ1v) is 12.2. The normalized spacial score (nSPS) is 18.7. The summed E-state index contributed by atoms with van der Waals surface area (Å²) in [7, 11) is 0.117. The molecule has 1 N–H and O–H groups in total. The highest BCUT2D eigenvalue weighted by atomic mass is 32.1. The fourth-order valence-electron chi connectivity index (χ4n) is 3.15. The molecule has 2 atom stereocenters. The zero-order valence-corrected chi connectivity index (χ0v) is 20.9. The SMILES string of the molecule is CN[C@H](CN1CC[C@H](O[Si](C)(C)C(C)(C)C)C1)c1cc(F)cc(C#N)c1.S.S. The predicted octanol–water partition coefficient (Wildman–Crippen LogP) is 4.28. The molecule has 1 aromatic carbocycles. The van der Waals surface area contributed by atoms with Gasteiger partial charge in [-0.15, -0.1) is 0 Å². The van der Waals surface area contributed by atoms with Gasteiger partial charge in [0.25, 0.3) is 0 Å². The summed E-state index contributed by atoms with van der Waals surface area (Å²) in [4.78, 5) is 2.37. The second-order valence-electron chi connectivity index (χ2n) is 8.77. The minimum atomic E-state index is -1.76. The summed E-state index contributed by atoms with van der Waals surface area (Å²) in [6.45, 7) is 14.1. The topological polar surface area (TPSA) is 48.3 Å². The monoisotopic (exact) mass is 445 g/mol. The maximum Gasteiger partial charge on any atom is 0.192 e. The average Bonchev–Trinajstić information content (AvgIpc) is 2.97. The van der Waals surface area contributed by atoms with Gasteiger partial charge in [0.2, 0.25) is 0 Å². The highest BCUT2D eigenvalue weighted by Crippen LogP contribution is 2.38. The van der Waals surface area contributed by atoms with Gasteiger partial charge in [0.15, 0.2) is 8.32 Å². The molecule has 1 aromatic rings. The third kappa shape index (κ3) is 7.04. The van der Waals surface area contributed by atoms with Crippen LogP contribution in [0.3, 0.4) is 0 Å². The van der Waals surface area contributed by atoms with Crippen LogP contribution in [0.25, 0.3) is 0 Å². The number of rotatable bonds is 6. The Bertz CT molecular complexity index is 676. The van der Waals surface area contributed by atoms with Gasteiger partial charge >= 0.3 is 0 Å². The molecule has 28 heavy (non-hydrogen) atoms. The van der Waals surface area contributed by atoms with Crippen LogP contribution in [0.15, 0.2) is 18.2 Å². The lowest BCUT2D eigenvalue weighted by molar-refractivity contribution is 0.177. The van der Waals surface area contributed by atoms with Crippen molar-refractivity contribution in [3.8, 4) is 6.07 Å². The molecule has 2 rings (SSSR count). The third-order valence-electron chi connectivity index (χ3n) is 5.74. The van der Waals surface area contributed by atoms with Crippen molar-refractivity contribution < 1.29 is 8.82 Å². The van der Waals surface area contributed by atoms with Crippen LogP contribution in [0.5, 0.6) is 0 Å². The Hall–Kier alpha value is -0.563. The molecule has 0 unspecified atom stereocenters. The number of benzene rings is 1. The summed E-state index contributed by atoms with van der Waals surface area (Å²) in [5.74, 6) is -0.361. The van der Waals surface area contributed by atoms with Gasteiger partial charge in [0.1, 0.15) is 5.82 Å². The van der Waals surface area contributed by atoms with Crippen molar-refractivity contribution in [1.82, 2.24) is 10.2 Å². The molecule has 0 radical (unpaired) electrons. The van der Waals surface area contributed by atoms with E-state index in [9.17, 15) is 4.39 Å². The van der Waals surface area contributed by atoms with Gasteiger partial charge in [-0.05, 0) is 55.4 Å². The zero-order chi connectivity index (χ0) is 19.5. The summed E-state index contributed by atoms with van der Waals surface area (Å²) in [5.41, 5.74) is 1.18. The van der Waals surface area contributed by atoms with E-state index in [1.807, 2.05) is 13.1 Å². The highest BCUT2D eigenvalue weighted by Gasteiger charge is 2.40. The zero-order valence-electron chi connectivity index (χ0n) is 17.9. The van der Waals surface area contributed by atoms with Crippen molar-refractivity contribution in [3.63, 3.8) is 0 Å². The van der Waals surface area contributed by atoms with Gasteiger partial charge in [-0.1, -0.05) is 20.8 Å². The predicted molar refractivity (Wildman–Crippen MR) is 127 cm³/mol. The molecule has 160 valence electrons. The summed E-state index contributed by atoms with van der Waals surface area (Å²) in [5, 5.41) is 12.5. The molecular weight excluding hydrogens is 409 g/mol. The van der Waals surface area contributed by atoms with Crippen LogP contribution in [-0.2, 0) is 4.43 Å². The smallest absolute Gasteiger partial charge is 0.192 e. The second kappa shape index (κ2) is 11.0. The van der Waals surface area contributed by atoms with E-state index in [-0.39, 0.29) is 50.0 Å². The molecule has 0 spiro atoms. The quantitative estimate of drug-likeness (QED) is 0.664. The van der Waals surface area contributed by atoms with E-state index >= 15 is 0 Å². The van der Waals surface area contributed by atoms with Crippen molar-refractivity contribution in [3.05, 3.63) is 35.1 Å². The van der Waals surface area contributed by atoms with E-state index < -0.39 is 8.32 Å². The molecule has 4 nitrogen and oxygen atoms in total. The van der Waals surface area contributed by atoms with Crippen molar-refractivity contribution in [2.75, 3.05) is 26.7 Å². The van der Waals surface area contributed by atoms with Crippen molar-refractivity contribution >= 4 is 35.3 Å². The lowest BCUT2D eigenvalue weighted by atomic mass is 10.0. The van der Waals surface area contributed by atoms with Gasteiger partial charge < -0.3 is 9.74 Å². The number of likely N-dealkylation sites (tertiary alicyclic amines) is 1. The van der Waals surface area contributed by atoms with Crippen LogP contribution in [0.1, 0.15) is 44.4 Å². The molecule has 1 aliphatic heterocycles. The third-order valence-corrected chi connectivity index (χ3v) is 10.3. The summed E-state index contributed by atoms with van der Waals surface area (Å²) in [6.07, 6.45) is 1.31. The van der Waals surface area contributed by atoms with Crippen molar-refractivity contribution in [2.24, 2.45) is 0 Å². The maximum absolute atomic E-state index is 13.8. The number of halogens is 1.